The van der Waals surface area contributed by atoms with Crippen molar-refractivity contribution in [3.8, 4) is 11.6 Å². The Morgan fingerprint density at radius 3 is 2.83 bits per heavy atom. The standard InChI is InChI=1S/C16H16N4O2S2/c1-10(14(21)18-11-6-3-4-8-13(11)23-2)24-16-20-19-15(22-16)12-7-5-9-17-12/h3-10,17H,1-2H3,(H,18,21). The molecule has 0 radical (unpaired) electrons. The normalized spacial score (nSPS) is 12.1. The topological polar surface area (TPSA) is 83.8 Å². The Kier molecular flexibility index (Phi) is 5.27. The van der Waals surface area contributed by atoms with Gasteiger partial charge in [-0.3, -0.25) is 4.79 Å². The molecule has 1 atom stereocenters. The maximum atomic E-state index is 12.4. The van der Waals surface area contributed by atoms with Crippen molar-refractivity contribution in [2.45, 2.75) is 22.3 Å². The molecule has 1 aromatic carbocycles. The lowest BCUT2D eigenvalue weighted by Crippen LogP contribution is -2.22. The second kappa shape index (κ2) is 7.59. The second-order valence-corrected chi connectivity index (χ2v) is 7.05. The molecular formula is C16H16N4O2S2. The molecule has 0 saturated heterocycles. The Morgan fingerprint density at radius 1 is 1.25 bits per heavy atom. The molecule has 0 fully saturated rings. The molecule has 24 heavy (non-hydrogen) atoms. The molecule has 0 aliphatic rings. The molecule has 6 nitrogen and oxygen atoms in total. The molecule has 0 bridgehead atoms. The largest absolute Gasteiger partial charge is 0.410 e. The number of thioether (sulfide) groups is 2. The van der Waals surface area contributed by atoms with Crippen LogP contribution in [-0.4, -0.2) is 32.6 Å². The molecule has 0 aliphatic heterocycles. The number of benzene rings is 1. The van der Waals surface area contributed by atoms with Crippen molar-refractivity contribution < 1.29 is 9.21 Å². The van der Waals surface area contributed by atoms with Gasteiger partial charge in [0.05, 0.1) is 10.9 Å². The number of aromatic nitrogens is 3. The van der Waals surface area contributed by atoms with Crippen LogP contribution in [0.1, 0.15) is 6.92 Å². The van der Waals surface area contributed by atoms with E-state index in [4.69, 9.17) is 4.42 Å². The van der Waals surface area contributed by atoms with Crippen LogP contribution in [0.15, 0.2) is 57.1 Å². The van der Waals surface area contributed by atoms with Gasteiger partial charge in [-0.25, -0.2) is 0 Å². The Morgan fingerprint density at radius 2 is 2.08 bits per heavy atom. The van der Waals surface area contributed by atoms with E-state index in [2.05, 4.69) is 20.5 Å². The van der Waals surface area contributed by atoms with Crippen molar-refractivity contribution in [2.75, 3.05) is 11.6 Å². The minimum atomic E-state index is -0.364. The highest BCUT2D eigenvalue weighted by Gasteiger charge is 2.19. The minimum absolute atomic E-state index is 0.110. The van der Waals surface area contributed by atoms with Gasteiger partial charge < -0.3 is 14.7 Å². The number of aromatic amines is 1. The smallest absolute Gasteiger partial charge is 0.277 e. The third kappa shape index (κ3) is 3.82. The predicted octanol–water partition coefficient (Wildman–Crippen LogP) is 3.91. The van der Waals surface area contributed by atoms with Crippen LogP contribution in [0, 0.1) is 0 Å². The number of rotatable bonds is 6. The summed E-state index contributed by atoms with van der Waals surface area (Å²) in [7, 11) is 0. The fourth-order valence-corrected chi connectivity index (χ4v) is 3.25. The first kappa shape index (κ1) is 16.7. The van der Waals surface area contributed by atoms with Crippen molar-refractivity contribution in [2.24, 2.45) is 0 Å². The van der Waals surface area contributed by atoms with Crippen LogP contribution in [0.4, 0.5) is 5.69 Å². The molecule has 2 aromatic heterocycles. The van der Waals surface area contributed by atoms with Gasteiger partial charge in [-0.05, 0) is 37.4 Å². The van der Waals surface area contributed by atoms with Gasteiger partial charge in [0.15, 0.2) is 0 Å². The molecule has 8 heteroatoms. The van der Waals surface area contributed by atoms with Crippen molar-refractivity contribution in [3.63, 3.8) is 0 Å². The van der Waals surface area contributed by atoms with E-state index in [1.165, 1.54) is 11.8 Å². The van der Waals surface area contributed by atoms with E-state index in [-0.39, 0.29) is 11.2 Å². The van der Waals surface area contributed by atoms with Gasteiger partial charge >= 0.3 is 0 Å². The summed E-state index contributed by atoms with van der Waals surface area (Å²) < 4.78 is 5.57. The first-order chi connectivity index (χ1) is 11.7. The lowest BCUT2D eigenvalue weighted by Gasteiger charge is -2.12. The molecule has 3 aromatic rings. The number of anilines is 1. The molecular weight excluding hydrogens is 344 g/mol. The molecule has 1 unspecified atom stereocenters. The van der Waals surface area contributed by atoms with Crippen LogP contribution in [0.25, 0.3) is 11.6 Å². The van der Waals surface area contributed by atoms with Gasteiger partial charge in [-0.1, -0.05) is 23.9 Å². The van der Waals surface area contributed by atoms with Gasteiger partial charge in [0.25, 0.3) is 11.1 Å². The zero-order valence-electron chi connectivity index (χ0n) is 13.1. The fourth-order valence-electron chi connectivity index (χ4n) is 2.02. The van der Waals surface area contributed by atoms with Crippen molar-refractivity contribution in [1.82, 2.24) is 15.2 Å². The first-order valence-electron chi connectivity index (χ1n) is 7.25. The van der Waals surface area contributed by atoms with Gasteiger partial charge in [-0.15, -0.1) is 22.0 Å². The fraction of sp³-hybridized carbons (Fsp3) is 0.188. The summed E-state index contributed by atoms with van der Waals surface area (Å²) in [6, 6.07) is 11.4. The summed E-state index contributed by atoms with van der Waals surface area (Å²) in [5, 5.41) is 10.9. The Hall–Kier alpha value is -2.19. The monoisotopic (exact) mass is 360 g/mol. The highest BCUT2D eigenvalue weighted by Crippen LogP contribution is 2.28. The van der Waals surface area contributed by atoms with E-state index in [1.807, 2.05) is 42.7 Å². The highest BCUT2D eigenvalue weighted by molar-refractivity contribution is 8.00. The third-order valence-corrected chi connectivity index (χ3v) is 4.98. The van der Waals surface area contributed by atoms with E-state index in [0.717, 1.165) is 16.3 Å². The van der Waals surface area contributed by atoms with Crippen molar-refractivity contribution in [3.05, 3.63) is 42.6 Å². The van der Waals surface area contributed by atoms with Gasteiger partial charge in [0.2, 0.25) is 5.91 Å². The molecule has 1 amide bonds. The van der Waals surface area contributed by atoms with Crippen LogP contribution in [-0.2, 0) is 4.79 Å². The lowest BCUT2D eigenvalue weighted by molar-refractivity contribution is -0.115. The number of nitrogens with zero attached hydrogens (tertiary/aromatic N) is 2. The summed E-state index contributed by atoms with van der Waals surface area (Å²) in [6.07, 6.45) is 3.76. The molecule has 0 aliphatic carbocycles. The quantitative estimate of drug-likeness (QED) is 0.649. The number of amides is 1. The van der Waals surface area contributed by atoms with Gasteiger partial charge in [-0.2, -0.15) is 0 Å². The Bertz CT molecular complexity index is 817. The number of para-hydroxylation sites is 1. The molecule has 0 spiro atoms. The van der Waals surface area contributed by atoms with E-state index in [0.29, 0.717) is 11.1 Å². The minimum Gasteiger partial charge on any atom is -0.410 e. The van der Waals surface area contributed by atoms with E-state index < -0.39 is 0 Å². The van der Waals surface area contributed by atoms with E-state index in [9.17, 15) is 4.79 Å². The number of carbonyl (C=O) groups excluding carboxylic acids is 1. The molecule has 2 heterocycles. The highest BCUT2D eigenvalue weighted by atomic mass is 32.2. The van der Waals surface area contributed by atoms with Crippen LogP contribution >= 0.6 is 23.5 Å². The van der Waals surface area contributed by atoms with Crippen LogP contribution in [0.2, 0.25) is 0 Å². The maximum absolute atomic E-state index is 12.4. The Labute approximate surface area is 147 Å². The zero-order chi connectivity index (χ0) is 16.9. The summed E-state index contributed by atoms with van der Waals surface area (Å²) >= 11 is 2.82. The van der Waals surface area contributed by atoms with Crippen molar-refractivity contribution >= 4 is 35.1 Å². The van der Waals surface area contributed by atoms with Gasteiger partial charge in [0, 0.05) is 11.1 Å². The van der Waals surface area contributed by atoms with Crippen LogP contribution < -0.4 is 5.32 Å². The molecule has 0 saturated carbocycles. The summed E-state index contributed by atoms with van der Waals surface area (Å²) in [5.41, 5.74) is 1.56. The average Bonchev–Trinajstić information content (AvgIpc) is 3.26. The summed E-state index contributed by atoms with van der Waals surface area (Å²) in [4.78, 5) is 16.4. The SMILES string of the molecule is CSc1ccccc1NC(=O)C(C)Sc1nnc(-c2ccc[nH]2)o1. The molecule has 3 rings (SSSR count). The number of nitrogens with one attached hydrogen (secondary N) is 2. The van der Waals surface area contributed by atoms with Crippen LogP contribution in [0.5, 0.6) is 0 Å². The molecule has 124 valence electrons. The summed E-state index contributed by atoms with van der Waals surface area (Å²) in [6.45, 7) is 1.81. The zero-order valence-corrected chi connectivity index (χ0v) is 14.8. The average molecular weight is 360 g/mol. The second-order valence-electron chi connectivity index (χ2n) is 4.91. The third-order valence-electron chi connectivity index (χ3n) is 3.25. The van der Waals surface area contributed by atoms with Gasteiger partial charge in [0.1, 0.15) is 5.69 Å². The maximum Gasteiger partial charge on any atom is 0.277 e. The number of hydrogen-bond acceptors (Lipinski definition) is 6. The lowest BCUT2D eigenvalue weighted by atomic mass is 10.3. The number of carbonyl (C=O) groups is 1. The summed E-state index contributed by atoms with van der Waals surface area (Å²) in [5.74, 6) is 0.295. The van der Waals surface area contributed by atoms with Crippen molar-refractivity contribution in [1.29, 1.82) is 0 Å². The number of H-pyrrole nitrogens is 1. The first-order valence-corrected chi connectivity index (χ1v) is 9.35. The Balaban J connectivity index is 1.64. The van der Waals surface area contributed by atoms with Crippen LogP contribution in [0.3, 0.4) is 0 Å². The van der Waals surface area contributed by atoms with E-state index >= 15 is 0 Å². The number of hydrogen-bond donors (Lipinski definition) is 2. The van der Waals surface area contributed by atoms with E-state index in [1.54, 1.807) is 24.9 Å². The molecule has 2 N–H and O–H groups in total. The predicted molar refractivity (Wildman–Crippen MR) is 96.3 cm³/mol.